The van der Waals surface area contributed by atoms with E-state index >= 15 is 0 Å². The Morgan fingerprint density at radius 2 is 1.46 bits per heavy atom. The first-order valence-corrected chi connectivity index (χ1v) is 8.91. The van der Waals surface area contributed by atoms with Gasteiger partial charge in [-0.3, -0.25) is 0 Å². The lowest BCUT2D eigenvalue weighted by atomic mass is 9.97. The molecule has 0 aliphatic carbocycles. The second-order valence-electron chi connectivity index (χ2n) is 7.16. The highest BCUT2D eigenvalue weighted by atomic mass is 16.4. The van der Waals surface area contributed by atoms with Gasteiger partial charge in [-0.05, 0) is 61.7 Å². The number of hydrogen-bond acceptors (Lipinski definition) is 3. The van der Waals surface area contributed by atoms with Gasteiger partial charge < -0.3 is 14.9 Å². The van der Waals surface area contributed by atoms with Crippen LogP contribution < -0.4 is 9.80 Å². The highest BCUT2D eigenvalue weighted by Crippen LogP contribution is 2.38. The van der Waals surface area contributed by atoms with Crippen molar-refractivity contribution in [3.05, 3.63) is 59.2 Å². The molecule has 0 bridgehead atoms. The van der Waals surface area contributed by atoms with E-state index in [2.05, 4.69) is 68.9 Å². The molecular weight excluding hydrogens is 324 g/mol. The van der Waals surface area contributed by atoms with E-state index in [1.807, 2.05) is 12.1 Å². The SMILES string of the molecule is C/C(=C\c1ccc(C(=O)O)cc1)c1ccc2c(c1)N(C)C(C)C(C)N2C. The van der Waals surface area contributed by atoms with Gasteiger partial charge >= 0.3 is 5.97 Å². The first-order chi connectivity index (χ1) is 12.3. The fourth-order valence-electron chi connectivity index (χ4n) is 3.49. The van der Waals surface area contributed by atoms with Crippen molar-refractivity contribution in [1.82, 2.24) is 0 Å². The molecule has 2 atom stereocenters. The number of fused-ring (bicyclic) bond motifs is 1. The molecule has 26 heavy (non-hydrogen) atoms. The van der Waals surface area contributed by atoms with E-state index < -0.39 is 5.97 Å². The van der Waals surface area contributed by atoms with Crippen molar-refractivity contribution in [1.29, 1.82) is 0 Å². The maximum absolute atomic E-state index is 11.0. The third-order valence-electron chi connectivity index (χ3n) is 5.65. The van der Waals surface area contributed by atoms with Crippen LogP contribution in [-0.2, 0) is 0 Å². The van der Waals surface area contributed by atoms with E-state index in [1.165, 1.54) is 16.9 Å². The summed E-state index contributed by atoms with van der Waals surface area (Å²) in [5.74, 6) is -0.901. The van der Waals surface area contributed by atoms with E-state index in [9.17, 15) is 4.79 Å². The molecule has 0 saturated heterocycles. The summed E-state index contributed by atoms with van der Waals surface area (Å²) in [6.07, 6.45) is 2.09. The van der Waals surface area contributed by atoms with Gasteiger partial charge in [-0.1, -0.05) is 24.3 Å². The summed E-state index contributed by atoms with van der Waals surface area (Å²) >= 11 is 0. The van der Waals surface area contributed by atoms with Crippen molar-refractivity contribution >= 4 is 29.0 Å². The molecule has 1 heterocycles. The summed E-state index contributed by atoms with van der Waals surface area (Å²) in [7, 11) is 4.31. The Morgan fingerprint density at radius 3 is 2.04 bits per heavy atom. The highest BCUT2D eigenvalue weighted by Gasteiger charge is 2.29. The van der Waals surface area contributed by atoms with Crippen LogP contribution in [0.15, 0.2) is 42.5 Å². The second-order valence-corrected chi connectivity index (χ2v) is 7.16. The molecule has 0 amide bonds. The van der Waals surface area contributed by atoms with Crippen LogP contribution in [-0.4, -0.2) is 37.3 Å². The number of nitrogens with zero attached hydrogens (tertiary/aromatic N) is 2. The standard InChI is InChI=1S/C22H26N2O2/c1-14(12-17-6-8-18(9-7-17)22(25)26)19-10-11-20-21(13-19)24(5)16(3)15(2)23(20)4/h6-13,15-16H,1-5H3,(H,25,26)/b14-12+. The van der Waals surface area contributed by atoms with Gasteiger partial charge in [-0.2, -0.15) is 0 Å². The number of hydrogen-bond donors (Lipinski definition) is 1. The number of carbonyl (C=O) groups is 1. The number of anilines is 2. The maximum Gasteiger partial charge on any atom is 0.335 e. The molecule has 4 nitrogen and oxygen atoms in total. The van der Waals surface area contributed by atoms with E-state index in [0.717, 1.165) is 11.1 Å². The quantitative estimate of drug-likeness (QED) is 0.821. The van der Waals surface area contributed by atoms with Crippen LogP contribution in [0.25, 0.3) is 11.6 Å². The molecule has 0 radical (unpaired) electrons. The molecule has 0 spiro atoms. The van der Waals surface area contributed by atoms with Gasteiger partial charge in [0.05, 0.1) is 16.9 Å². The van der Waals surface area contributed by atoms with Crippen LogP contribution in [0, 0.1) is 0 Å². The predicted octanol–water partition coefficient (Wildman–Crippen LogP) is 4.61. The zero-order valence-electron chi connectivity index (χ0n) is 16.0. The molecule has 0 fully saturated rings. The molecule has 3 rings (SSSR count). The van der Waals surface area contributed by atoms with Crippen LogP contribution in [0.5, 0.6) is 0 Å². The van der Waals surface area contributed by atoms with Gasteiger partial charge in [-0.25, -0.2) is 4.79 Å². The van der Waals surface area contributed by atoms with E-state index in [-0.39, 0.29) is 0 Å². The van der Waals surface area contributed by atoms with Gasteiger partial charge in [0.15, 0.2) is 0 Å². The van der Waals surface area contributed by atoms with Crippen molar-refractivity contribution in [2.45, 2.75) is 32.9 Å². The summed E-state index contributed by atoms with van der Waals surface area (Å²) in [5, 5.41) is 9.01. The van der Waals surface area contributed by atoms with Crippen LogP contribution >= 0.6 is 0 Å². The molecular formula is C22H26N2O2. The Labute approximate surface area is 155 Å². The van der Waals surface area contributed by atoms with Gasteiger partial charge in [-0.15, -0.1) is 0 Å². The van der Waals surface area contributed by atoms with Crippen LogP contribution in [0.3, 0.4) is 0 Å². The van der Waals surface area contributed by atoms with Gasteiger partial charge in [0.2, 0.25) is 0 Å². The summed E-state index contributed by atoms with van der Waals surface area (Å²) in [6.45, 7) is 6.60. The third kappa shape index (κ3) is 3.19. The molecule has 1 aliphatic rings. The van der Waals surface area contributed by atoms with Gasteiger partial charge in [0.1, 0.15) is 0 Å². The number of likely N-dealkylation sites (N-methyl/N-ethyl adjacent to an activating group) is 2. The Morgan fingerprint density at radius 1 is 0.923 bits per heavy atom. The van der Waals surface area contributed by atoms with Gasteiger partial charge in [0.25, 0.3) is 0 Å². The number of rotatable bonds is 3. The minimum atomic E-state index is -0.901. The van der Waals surface area contributed by atoms with Crippen molar-refractivity contribution < 1.29 is 9.90 Å². The largest absolute Gasteiger partial charge is 0.478 e. The summed E-state index contributed by atoms with van der Waals surface area (Å²) in [5.41, 5.74) is 6.12. The van der Waals surface area contributed by atoms with Crippen LogP contribution in [0.1, 0.15) is 42.3 Å². The topological polar surface area (TPSA) is 43.8 Å². The molecule has 0 saturated carbocycles. The van der Waals surface area contributed by atoms with Crippen molar-refractivity contribution in [3.63, 3.8) is 0 Å². The lowest BCUT2D eigenvalue weighted by Crippen LogP contribution is -2.50. The molecule has 1 N–H and O–H groups in total. The van der Waals surface area contributed by atoms with Crippen molar-refractivity contribution in [2.24, 2.45) is 0 Å². The zero-order valence-corrected chi connectivity index (χ0v) is 16.0. The second kappa shape index (κ2) is 6.87. The number of carboxylic acids is 1. The number of carboxylic acid groups (broad SMARTS) is 1. The minimum Gasteiger partial charge on any atom is -0.478 e. The Kier molecular flexibility index (Phi) is 4.77. The Bertz CT molecular complexity index is 855. The van der Waals surface area contributed by atoms with Crippen molar-refractivity contribution in [2.75, 3.05) is 23.9 Å². The van der Waals surface area contributed by atoms with E-state index in [4.69, 9.17) is 5.11 Å². The molecule has 2 aromatic rings. The van der Waals surface area contributed by atoms with E-state index in [1.54, 1.807) is 12.1 Å². The number of aromatic carboxylic acids is 1. The van der Waals surface area contributed by atoms with Crippen molar-refractivity contribution in [3.8, 4) is 0 Å². The molecule has 2 unspecified atom stereocenters. The minimum absolute atomic E-state index is 0.307. The maximum atomic E-state index is 11.0. The molecule has 136 valence electrons. The van der Waals surface area contributed by atoms with Crippen LogP contribution in [0.2, 0.25) is 0 Å². The lowest BCUT2D eigenvalue weighted by Gasteiger charge is -2.45. The number of allylic oxidation sites excluding steroid dienone is 1. The zero-order chi connectivity index (χ0) is 19.0. The smallest absolute Gasteiger partial charge is 0.335 e. The molecule has 2 aromatic carbocycles. The fraction of sp³-hybridized carbons (Fsp3) is 0.318. The number of benzene rings is 2. The summed E-state index contributed by atoms with van der Waals surface area (Å²) < 4.78 is 0. The Hall–Kier alpha value is -2.75. The third-order valence-corrected chi connectivity index (χ3v) is 5.65. The first-order valence-electron chi connectivity index (χ1n) is 8.91. The summed E-state index contributed by atoms with van der Waals surface area (Å²) in [4.78, 5) is 15.7. The molecule has 4 heteroatoms. The average Bonchev–Trinajstić information content (AvgIpc) is 2.64. The lowest BCUT2D eigenvalue weighted by molar-refractivity contribution is 0.0697. The normalized spacial score (nSPS) is 20.1. The molecule has 1 aliphatic heterocycles. The molecule has 0 aromatic heterocycles. The van der Waals surface area contributed by atoms with Crippen LogP contribution in [0.4, 0.5) is 11.4 Å². The highest BCUT2D eigenvalue weighted by molar-refractivity contribution is 5.89. The van der Waals surface area contributed by atoms with Gasteiger partial charge in [0, 0.05) is 26.2 Å². The van der Waals surface area contributed by atoms with E-state index in [0.29, 0.717) is 17.6 Å². The predicted molar refractivity (Wildman–Crippen MR) is 109 cm³/mol. The first kappa shape index (κ1) is 18.1. The fourth-order valence-corrected chi connectivity index (χ4v) is 3.49. The monoisotopic (exact) mass is 350 g/mol. The summed E-state index contributed by atoms with van der Waals surface area (Å²) in [6, 6.07) is 14.5. The average molecular weight is 350 g/mol. The Balaban J connectivity index is 1.93.